The van der Waals surface area contributed by atoms with E-state index in [1.165, 1.54) is 20.3 Å². The molecule has 1 aliphatic heterocycles. The minimum absolute atomic E-state index is 0.0591. The van der Waals surface area contributed by atoms with Gasteiger partial charge in [-0.05, 0) is 35.9 Å². The van der Waals surface area contributed by atoms with Crippen LogP contribution in [0.4, 0.5) is 0 Å². The van der Waals surface area contributed by atoms with Gasteiger partial charge in [0.25, 0.3) is 0 Å². The number of carbonyl (C=O) groups excluding carboxylic acids is 1. The molecule has 0 unspecified atom stereocenters. The van der Waals surface area contributed by atoms with Crippen LogP contribution in [0, 0.1) is 0 Å². The highest BCUT2D eigenvalue weighted by Crippen LogP contribution is 2.36. The van der Waals surface area contributed by atoms with Crippen molar-refractivity contribution in [3.8, 4) is 23.0 Å². The summed E-state index contributed by atoms with van der Waals surface area (Å²) in [6.07, 6.45) is 2.49. The smallest absolute Gasteiger partial charge is 0.306 e. The highest BCUT2D eigenvalue weighted by Gasteiger charge is 2.27. The molecule has 0 fully saturated rings. The van der Waals surface area contributed by atoms with Crippen molar-refractivity contribution in [1.82, 2.24) is 0 Å². The number of methoxy groups -OCH3 is 2. The maximum Gasteiger partial charge on any atom is 0.306 e. The van der Waals surface area contributed by atoms with Gasteiger partial charge < -0.3 is 18.4 Å². The molecule has 0 saturated heterocycles. The predicted molar refractivity (Wildman–Crippen MR) is 94.4 cm³/mol. The highest BCUT2D eigenvalue weighted by molar-refractivity contribution is 7.86. The first-order chi connectivity index (χ1) is 12.3. The molecule has 0 spiro atoms. The summed E-state index contributed by atoms with van der Waals surface area (Å²) in [5.74, 6) is 1.18. The molecule has 0 saturated carbocycles. The van der Waals surface area contributed by atoms with Gasteiger partial charge in [-0.1, -0.05) is 6.07 Å². The fourth-order valence-corrected chi connectivity index (χ4v) is 2.92. The van der Waals surface area contributed by atoms with Crippen LogP contribution in [0.3, 0.4) is 0 Å². The lowest BCUT2D eigenvalue weighted by molar-refractivity contribution is 0.101. The van der Waals surface area contributed by atoms with Crippen molar-refractivity contribution < 1.29 is 31.6 Å². The summed E-state index contributed by atoms with van der Waals surface area (Å²) in [7, 11) is -0.764. The van der Waals surface area contributed by atoms with Gasteiger partial charge in [-0.15, -0.1) is 0 Å². The van der Waals surface area contributed by atoms with Gasteiger partial charge in [0.15, 0.2) is 17.3 Å². The number of fused-ring (bicyclic) bond motifs is 1. The Kier molecular flexibility index (Phi) is 4.60. The maximum absolute atomic E-state index is 12.4. The van der Waals surface area contributed by atoms with E-state index in [2.05, 4.69) is 0 Å². The SMILES string of the molecule is COc1ccc2c(c1)OC(=Cc1ccc(OS(C)(=O)=O)c(OC)c1)C2=O. The van der Waals surface area contributed by atoms with Crippen LogP contribution in [-0.4, -0.2) is 34.7 Å². The summed E-state index contributed by atoms with van der Waals surface area (Å²) in [6, 6.07) is 9.55. The zero-order chi connectivity index (χ0) is 18.9. The molecule has 26 heavy (non-hydrogen) atoms. The van der Waals surface area contributed by atoms with Crippen LogP contribution in [0.1, 0.15) is 15.9 Å². The van der Waals surface area contributed by atoms with E-state index in [1.807, 2.05) is 0 Å². The molecule has 8 heteroatoms. The molecule has 2 aromatic carbocycles. The first kappa shape index (κ1) is 17.8. The number of Topliss-reactive ketones (excluding diaryl/α,β-unsaturated/α-hetero) is 1. The van der Waals surface area contributed by atoms with Gasteiger partial charge in [0.1, 0.15) is 11.5 Å². The van der Waals surface area contributed by atoms with Crippen LogP contribution >= 0.6 is 0 Å². The van der Waals surface area contributed by atoms with E-state index < -0.39 is 10.1 Å². The van der Waals surface area contributed by atoms with E-state index in [4.69, 9.17) is 18.4 Å². The first-order valence-electron chi connectivity index (χ1n) is 7.50. The monoisotopic (exact) mass is 376 g/mol. The highest BCUT2D eigenvalue weighted by atomic mass is 32.2. The van der Waals surface area contributed by atoms with Gasteiger partial charge in [-0.2, -0.15) is 8.42 Å². The molecule has 1 heterocycles. The fraction of sp³-hybridized carbons (Fsp3) is 0.167. The van der Waals surface area contributed by atoms with Crippen molar-refractivity contribution in [1.29, 1.82) is 0 Å². The lowest BCUT2D eigenvalue weighted by atomic mass is 10.1. The van der Waals surface area contributed by atoms with Crippen molar-refractivity contribution in [3.63, 3.8) is 0 Å². The fourth-order valence-electron chi connectivity index (χ4n) is 2.45. The van der Waals surface area contributed by atoms with E-state index in [-0.39, 0.29) is 23.0 Å². The quantitative estimate of drug-likeness (QED) is 0.585. The lowest BCUT2D eigenvalue weighted by Gasteiger charge is -2.09. The van der Waals surface area contributed by atoms with Gasteiger partial charge in [0, 0.05) is 6.07 Å². The number of ether oxygens (including phenoxy) is 3. The number of rotatable bonds is 5. The Morgan fingerprint density at radius 1 is 1.00 bits per heavy atom. The van der Waals surface area contributed by atoms with E-state index in [0.29, 0.717) is 22.6 Å². The van der Waals surface area contributed by atoms with Crippen LogP contribution in [0.25, 0.3) is 6.08 Å². The normalized spacial score (nSPS) is 14.7. The standard InChI is InChI=1S/C18H16O7S/c1-22-12-5-6-13-15(10-12)24-17(18(13)19)9-11-4-7-14(16(8-11)23-2)25-26(3,20)21/h4-10H,1-3H3. The molecular formula is C18H16O7S. The number of hydrogen-bond acceptors (Lipinski definition) is 7. The van der Waals surface area contributed by atoms with Gasteiger partial charge in [0.05, 0.1) is 26.0 Å². The molecule has 0 amide bonds. The predicted octanol–water partition coefficient (Wildman–Crippen LogP) is 2.66. The van der Waals surface area contributed by atoms with Crippen molar-refractivity contribution >= 4 is 22.0 Å². The van der Waals surface area contributed by atoms with Crippen molar-refractivity contribution in [2.24, 2.45) is 0 Å². The molecule has 7 nitrogen and oxygen atoms in total. The van der Waals surface area contributed by atoms with Gasteiger partial charge in [-0.25, -0.2) is 0 Å². The summed E-state index contributed by atoms with van der Waals surface area (Å²) in [5, 5.41) is 0. The van der Waals surface area contributed by atoms with Gasteiger partial charge in [0.2, 0.25) is 5.78 Å². The third-order valence-corrected chi connectivity index (χ3v) is 4.09. The van der Waals surface area contributed by atoms with Gasteiger partial charge >= 0.3 is 10.1 Å². The zero-order valence-electron chi connectivity index (χ0n) is 14.3. The Hall–Kier alpha value is -3.00. The Bertz CT molecular complexity index is 1010. The minimum atomic E-state index is -3.68. The van der Waals surface area contributed by atoms with Gasteiger partial charge in [-0.3, -0.25) is 4.79 Å². The molecule has 0 bridgehead atoms. The van der Waals surface area contributed by atoms with Crippen LogP contribution in [-0.2, 0) is 10.1 Å². The molecule has 2 aromatic rings. The van der Waals surface area contributed by atoms with Crippen LogP contribution in [0.15, 0.2) is 42.2 Å². The molecule has 0 radical (unpaired) electrons. The average Bonchev–Trinajstić information content (AvgIpc) is 2.90. The first-order valence-corrected chi connectivity index (χ1v) is 9.32. The summed E-state index contributed by atoms with van der Waals surface area (Å²) in [4.78, 5) is 12.4. The van der Waals surface area contributed by atoms with E-state index in [1.54, 1.807) is 36.4 Å². The topological polar surface area (TPSA) is 88.1 Å². The second-order valence-electron chi connectivity index (χ2n) is 5.50. The Morgan fingerprint density at radius 3 is 2.42 bits per heavy atom. The minimum Gasteiger partial charge on any atom is -0.497 e. The number of hydrogen-bond donors (Lipinski definition) is 0. The average molecular weight is 376 g/mol. The third-order valence-electron chi connectivity index (χ3n) is 3.60. The number of allylic oxidation sites excluding steroid dienone is 1. The van der Waals surface area contributed by atoms with Crippen molar-refractivity contribution in [3.05, 3.63) is 53.3 Å². The molecule has 136 valence electrons. The summed E-state index contributed by atoms with van der Waals surface area (Å²) >= 11 is 0. The van der Waals surface area contributed by atoms with Crippen molar-refractivity contribution in [2.75, 3.05) is 20.5 Å². The Morgan fingerprint density at radius 2 is 1.77 bits per heavy atom. The van der Waals surface area contributed by atoms with E-state index >= 15 is 0 Å². The molecule has 0 atom stereocenters. The largest absolute Gasteiger partial charge is 0.497 e. The molecule has 0 N–H and O–H groups in total. The Balaban J connectivity index is 1.92. The van der Waals surface area contributed by atoms with E-state index in [9.17, 15) is 13.2 Å². The van der Waals surface area contributed by atoms with Crippen LogP contribution in [0.5, 0.6) is 23.0 Å². The summed E-state index contributed by atoms with van der Waals surface area (Å²) < 4.78 is 43.3. The second kappa shape index (κ2) is 6.72. The van der Waals surface area contributed by atoms with E-state index in [0.717, 1.165) is 6.26 Å². The molecule has 1 aliphatic rings. The summed E-state index contributed by atoms with van der Waals surface area (Å²) in [6.45, 7) is 0. The van der Waals surface area contributed by atoms with Crippen molar-refractivity contribution in [2.45, 2.75) is 0 Å². The third kappa shape index (κ3) is 3.65. The zero-order valence-corrected chi connectivity index (χ0v) is 15.1. The molecular weight excluding hydrogens is 360 g/mol. The van der Waals surface area contributed by atoms with Crippen LogP contribution < -0.4 is 18.4 Å². The second-order valence-corrected chi connectivity index (χ2v) is 7.07. The maximum atomic E-state index is 12.4. The lowest BCUT2D eigenvalue weighted by Crippen LogP contribution is -2.07. The number of carbonyl (C=O) groups is 1. The molecule has 0 aromatic heterocycles. The molecule has 3 rings (SSSR count). The Labute approximate surface area is 150 Å². The number of ketones is 1. The summed E-state index contributed by atoms with van der Waals surface area (Å²) in [5.41, 5.74) is 1.03. The van der Waals surface area contributed by atoms with Crippen LogP contribution in [0.2, 0.25) is 0 Å². The molecule has 0 aliphatic carbocycles. The number of benzene rings is 2.